The smallest absolute Gasteiger partial charge is 0.126 e. The molecule has 10 heavy (non-hydrogen) atoms. The molecule has 0 amide bonds. The highest BCUT2D eigenvalue weighted by Crippen LogP contribution is 2.16. The lowest BCUT2D eigenvalue weighted by Gasteiger charge is -2.04. The molecule has 0 saturated carbocycles. The van der Waals surface area contributed by atoms with Gasteiger partial charge in [-0.05, 0) is 13.8 Å². The fourth-order valence-corrected chi connectivity index (χ4v) is 1.12. The van der Waals surface area contributed by atoms with E-state index in [1.807, 2.05) is 17.7 Å². The third-order valence-electron chi connectivity index (χ3n) is 1.44. The summed E-state index contributed by atoms with van der Waals surface area (Å²) in [6.07, 6.45) is 3.71. The zero-order valence-corrected chi connectivity index (χ0v) is 6.97. The maximum absolute atomic E-state index is 5.85. The number of hydrogen-bond donors (Lipinski definition) is 0. The van der Waals surface area contributed by atoms with Crippen molar-refractivity contribution in [2.24, 2.45) is 0 Å². The Hall–Kier alpha value is -0.500. The molecule has 0 fully saturated rings. The van der Waals surface area contributed by atoms with Crippen LogP contribution in [-0.4, -0.2) is 9.55 Å². The number of imidazole rings is 1. The summed E-state index contributed by atoms with van der Waals surface area (Å²) in [4.78, 5) is 4.12. The highest BCUT2D eigenvalue weighted by molar-refractivity contribution is 6.20. The zero-order chi connectivity index (χ0) is 7.56. The Morgan fingerprint density at radius 1 is 1.80 bits per heavy atom. The van der Waals surface area contributed by atoms with Gasteiger partial charge in [0, 0.05) is 18.9 Å². The number of aromatic nitrogens is 2. The first kappa shape index (κ1) is 7.61. The van der Waals surface area contributed by atoms with Crippen LogP contribution in [0.1, 0.15) is 25.0 Å². The Balaban J connectivity index is 2.90. The van der Waals surface area contributed by atoms with Crippen molar-refractivity contribution in [3.8, 4) is 0 Å². The van der Waals surface area contributed by atoms with E-state index in [0.717, 1.165) is 12.4 Å². The van der Waals surface area contributed by atoms with E-state index in [9.17, 15) is 0 Å². The normalized spacial score (nSPS) is 13.5. The van der Waals surface area contributed by atoms with Crippen molar-refractivity contribution in [1.82, 2.24) is 9.55 Å². The predicted molar refractivity (Wildman–Crippen MR) is 42.2 cm³/mol. The van der Waals surface area contributed by atoms with Gasteiger partial charge >= 0.3 is 0 Å². The highest BCUT2D eigenvalue weighted by atomic mass is 35.5. The Bertz CT molecular complexity index is 205. The van der Waals surface area contributed by atoms with Crippen molar-refractivity contribution in [3.05, 3.63) is 18.2 Å². The van der Waals surface area contributed by atoms with Crippen molar-refractivity contribution in [1.29, 1.82) is 0 Å². The molecule has 2 nitrogen and oxygen atoms in total. The molecule has 0 aromatic carbocycles. The van der Waals surface area contributed by atoms with Gasteiger partial charge < -0.3 is 4.57 Å². The lowest BCUT2D eigenvalue weighted by Crippen LogP contribution is -2.00. The molecule has 0 saturated heterocycles. The summed E-state index contributed by atoms with van der Waals surface area (Å²) >= 11 is 5.85. The van der Waals surface area contributed by atoms with E-state index in [1.165, 1.54) is 0 Å². The highest BCUT2D eigenvalue weighted by Gasteiger charge is 2.05. The van der Waals surface area contributed by atoms with Crippen LogP contribution < -0.4 is 0 Å². The van der Waals surface area contributed by atoms with Crippen LogP contribution >= 0.6 is 11.6 Å². The first-order chi connectivity index (χ1) is 4.75. The molecule has 0 aliphatic heterocycles. The summed E-state index contributed by atoms with van der Waals surface area (Å²) in [5, 5.41) is 0.00921. The van der Waals surface area contributed by atoms with Crippen molar-refractivity contribution in [3.63, 3.8) is 0 Å². The van der Waals surface area contributed by atoms with Crippen molar-refractivity contribution in [2.75, 3.05) is 0 Å². The molecule has 1 rings (SSSR count). The molecule has 0 aliphatic rings. The molecule has 1 heterocycles. The molecule has 0 unspecified atom stereocenters. The molecule has 1 atom stereocenters. The summed E-state index contributed by atoms with van der Waals surface area (Å²) in [6, 6.07) is 0. The first-order valence-electron chi connectivity index (χ1n) is 3.40. The minimum atomic E-state index is 0.00921. The van der Waals surface area contributed by atoms with Crippen LogP contribution in [0.25, 0.3) is 0 Å². The SMILES string of the molecule is CCn1ccnc1[C@@H](C)Cl. The molecule has 3 heteroatoms. The van der Waals surface area contributed by atoms with E-state index < -0.39 is 0 Å². The van der Waals surface area contributed by atoms with Crippen LogP contribution in [-0.2, 0) is 6.54 Å². The third kappa shape index (κ3) is 1.32. The summed E-state index contributed by atoms with van der Waals surface area (Å²) in [6.45, 7) is 4.94. The lowest BCUT2D eigenvalue weighted by atomic mass is 10.4. The molecule has 0 bridgehead atoms. The maximum Gasteiger partial charge on any atom is 0.126 e. The van der Waals surface area contributed by atoms with Gasteiger partial charge in [-0.15, -0.1) is 11.6 Å². The van der Waals surface area contributed by atoms with Crippen molar-refractivity contribution in [2.45, 2.75) is 25.8 Å². The molecule has 0 spiro atoms. The second-order valence-corrected chi connectivity index (χ2v) is 2.84. The number of aryl methyl sites for hydroxylation is 1. The number of alkyl halides is 1. The minimum Gasteiger partial charge on any atom is -0.334 e. The van der Waals surface area contributed by atoms with E-state index in [0.29, 0.717) is 0 Å². The number of hydrogen-bond acceptors (Lipinski definition) is 1. The molecule has 0 radical (unpaired) electrons. The summed E-state index contributed by atoms with van der Waals surface area (Å²) in [7, 11) is 0. The second-order valence-electron chi connectivity index (χ2n) is 2.19. The van der Waals surface area contributed by atoms with Gasteiger partial charge in [0.25, 0.3) is 0 Å². The Morgan fingerprint density at radius 2 is 2.50 bits per heavy atom. The van der Waals surface area contributed by atoms with Gasteiger partial charge in [0.1, 0.15) is 5.82 Å². The minimum absolute atomic E-state index is 0.00921. The summed E-state index contributed by atoms with van der Waals surface area (Å²) < 4.78 is 2.04. The topological polar surface area (TPSA) is 17.8 Å². The average molecular weight is 159 g/mol. The van der Waals surface area contributed by atoms with Crippen LogP contribution in [0.3, 0.4) is 0 Å². The van der Waals surface area contributed by atoms with Crippen molar-refractivity contribution >= 4 is 11.6 Å². The third-order valence-corrected chi connectivity index (χ3v) is 1.64. The molecule has 0 N–H and O–H groups in total. The largest absolute Gasteiger partial charge is 0.334 e. The molecular formula is C7H11ClN2. The predicted octanol–water partition coefficient (Wildman–Crippen LogP) is 2.20. The monoisotopic (exact) mass is 158 g/mol. The number of rotatable bonds is 2. The quantitative estimate of drug-likeness (QED) is 0.604. The van der Waals surface area contributed by atoms with E-state index >= 15 is 0 Å². The molecule has 56 valence electrons. The second kappa shape index (κ2) is 3.06. The van der Waals surface area contributed by atoms with E-state index in [-0.39, 0.29) is 5.38 Å². The van der Waals surface area contributed by atoms with Gasteiger partial charge in [0.15, 0.2) is 0 Å². The van der Waals surface area contributed by atoms with Gasteiger partial charge in [0.2, 0.25) is 0 Å². The van der Waals surface area contributed by atoms with Crippen LogP contribution in [0.5, 0.6) is 0 Å². The summed E-state index contributed by atoms with van der Waals surface area (Å²) in [5.74, 6) is 0.948. The Labute approximate surface area is 65.8 Å². The maximum atomic E-state index is 5.85. The fraction of sp³-hybridized carbons (Fsp3) is 0.571. The van der Waals surface area contributed by atoms with Gasteiger partial charge in [-0.3, -0.25) is 0 Å². The summed E-state index contributed by atoms with van der Waals surface area (Å²) in [5.41, 5.74) is 0. The van der Waals surface area contributed by atoms with E-state index in [4.69, 9.17) is 11.6 Å². The number of halogens is 1. The average Bonchev–Trinajstić information content (AvgIpc) is 2.33. The van der Waals surface area contributed by atoms with Crippen LogP contribution in [0.15, 0.2) is 12.4 Å². The molecular weight excluding hydrogens is 148 g/mol. The van der Waals surface area contributed by atoms with Crippen LogP contribution in [0.2, 0.25) is 0 Å². The first-order valence-corrected chi connectivity index (χ1v) is 3.84. The van der Waals surface area contributed by atoms with E-state index in [1.54, 1.807) is 6.20 Å². The zero-order valence-electron chi connectivity index (χ0n) is 6.21. The van der Waals surface area contributed by atoms with Gasteiger partial charge in [-0.2, -0.15) is 0 Å². The molecule has 1 aromatic rings. The molecule has 0 aliphatic carbocycles. The Kier molecular flexibility index (Phi) is 2.33. The van der Waals surface area contributed by atoms with Crippen LogP contribution in [0.4, 0.5) is 0 Å². The molecule has 1 aromatic heterocycles. The standard InChI is InChI=1S/C7H11ClN2/c1-3-10-5-4-9-7(10)6(2)8/h4-6H,3H2,1-2H3/t6-/m1/s1. The number of nitrogens with zero attached hydrogens (tertiary/aromatic N) is 2. The van der Waals surface area contributed by atoms with Gasteiger partial charge in [0.05, 0.1) is 5.38 Å². The van der Waals surface area contributed by atoms with Crippen LogP contribution in [0, 0.1) is 0 Å². The fourth-order valence-electron chi connectivity index (χ4n) is 0.939. The van der Waals surface area contributed by atoms with Gasteiger partial charge in [-0.1, -0.05) is 0 Å². The van der Waals surface area contributed by atoms with E-state index in [2.05, 4.69) is 11.9 Å². The lowest BCUT2D eigenvalue weighted by molar-refractivity contribution is 0.697. The van der Waals surface area contributed by atoms with Crippen molar-refractivity contribution < 1.29 is 0 Å². The Morgan fingerprint density at radius 3 is 2.90 bits per heavy atom. The van der Waals surface area contributed by atoms with Gasteiger partial charge in [-0.25, -0.2) is 4.98 Å².